The van der Waals surface area contributed by atoms with Crippen molar-refractivity contribution in [2.24, 2.45) is 5.92 Å². The number of Topliss-reactive ketones (excluding diaryl/α,β-unsaturated/α-hetero) is 2. The number of methoxy groups -OCH3 is 1. The number of esters is 1. The first-order valence-electron chi connectivity index (χ1n) is 7.50. The van der Waals surface area contributed by atoms with Crippen LogP contribution in [-0.2, 0) is 20.7 Å². The molecule has 0 heterocycles. The minimum Gasteiger partial charge on any atom is -0.494 e. The molecule has 0 aliphatic heterocycles. The van der Waals surface area contributed by atoms with Crippen LogP contribution in [0.5, 0.6) is 5.75 Å². The first kappa shape index (κ1) is 16.2. The molecule has 118 valence electrons. The molecule has 1 atom stereocenters. The molecule has 0 fully saturated rings. The fraction of sp³-hybridized carbons (Fsp3) is 0.471. The van der Waals surface area contributed by atoms with Gasteiger partial charge in [0.2, 0.25) is 0 Å². The number of ether oxygens (including phenoxy) is 2. The van der Waals surface area contributed by atoms with Crippen LogP contribution in [0.2, 0.25) is 0 Å². The van der Waals surface area contributed by atoms with E-state index >= 15 is 0 Å². The Balaban J connectivity index is 2.14. The predicted molar refractivity (Wildman–Crippen MR) is 80.0 cm³/mol. The Morgan fingerprint density at radius 1 is 1.32 bits per heavy atom. The zero-order valence-corrected chi connectivity index (χ0v) is 12.9. The fourth-order valence-electron chi connectivity index (χ4n) is 2.55. The van der Waals surface area contributed by atoms with Crippen molar-refractivity contribution < 1.29 is 23.9 Å². The summed E-state index contributed by atoms with van der Waals surface area (Å²) >= 11 is 0. The molecular formula is C17H20O5. The van der Waals surface area contributed by atoms with E-state index in [0.29, 0.717) is 25.0 Å². The number of unbranched alkanes of at least 4 members (excludes halogenated alkanes) is 1. The monoisotopic (exact) mass is 304 g/mol. The van der Waals surface area contributed by atoms with Crippen LogP contribution in [0.15, 0.2) is 18.2 Å². The molecule has 1 aliphatic carbocycles. The summed E-state index contributed by atoms with van der Waals surface area (Å²) in [7, 11) is 1.14. The van der Waals surface area contributed by atoms with E-state index in [2.05, 4.69) is 11.7 Å². The molecule has 5 heteroatoms. The van der Waals surface area contributed by atoms with Crippen molar-refractivity contribution in [3.05, 3.63) is 29.3 Å². The van der Waals surface area contributed by atoms with Gasteiger partial charge in [0.25, 0.3) is 5.78 Å². The largest absolute Gasteiger partial charge is 0.494 e. The van der Waals surface area contributed by atoms with Crippen molar-refractivity contribution in [3.63, 3.8) is 0 Å². The van der Waals surface area contributed by atoms with Gasteiger partial charge in [-0.2, -0.15) is 0 Å². The Labute approximate surface area is 129 Å². The van der Waals surface area contributed by atoms with E-state index in [0.717, 1.165) is 31.3 Å². The Morgan fingerprint density at radius 3 is 2.77 bits per heavy atom. The van der Waals surface area contributed by atoms with E-state index in [4.69, 9.17) is 4.74 Å². The van der Waals surface area contributed by atoms with Crippen LogP contribution in [0, 0.1) is 5.92 Å². The molecule has 0 amide bonds. The first-order valence-corrected chi connectivity index (χ1v) is 7.50. The lowest BCUT2D eigenvalue weighted by Crippen LogP contribution is -2.34. The summed E-state index contributed by atoms with van der Waals surface area (Å²) in [4.78, 5) is 35.6. The lowest BCUT2D eigenvalue weighted by molar-refractivity contribution is -0.153. The highest BCUT2D eigenvalue weighted by atomic mass is 16.5. The molecule has 0 bridgehead atoms. The molecule has 1 aliphatic rings. The Hall–Kier alpha value is -2.17. The van der Waals surface area contributed by atoms with Gasteiger partial charge in [-0.25, -0.2) is 4.79 Å². The van der Waals surface area contributed by atoms with Gasteiger partial charge in [-0.3, -0.25) is 9.59 Å². The summed E-state index contributed by atoms with van der Waals surface area (Å²) < 4.78 is 10.0. The summed E-state index contributed by atoms with van der Waals surface area (Å²) in [5, 5.41) is 0. The smallest absolute Gasteiger partial charge is 0.375 e. The van der Waals surface area contributed by atoms with E-state index in [1.54, 1.807) is 12.1 Å². The summed E-state index contributed by atoms with van der Waals surface area (Å²) in [5.41, 5.74) is 1.37. The minimum absolute atomic E-state index is 0.309. The van der Waals surface area contributed by atoms with Crippen LogP contribution in [0.3, 0.4) is 0 Å². The quantitative estimate of drug-likeness (QED) is 0.349. The first-order chi connectivity index (χ1) is 10.6. The van der Waals surface area contributed by atoms with Crippen LogP contribution in [0.4, 0.5) is 0 Å². The molecule has 22 heavy (non-hydrogen) atoms. The Bertz CT molecular complexity index is 591. The van der Waals surface area contributed by atoms with Gasteiger partial charge in [0.15, 0.2) is 5.78 Å². The number of hydrogen-bond acceptors (Lipinski definition) is 5. The second kappa shape index (κ2) is 7.20. The number of benzene rings is 1. The minimum atomic E-state index is -0.957. The van der Waals surface area contributed by atoms with Gasteiger partial charge in [-0.15, -0.1) is 0 Å². The summed E-state index contributed by atoms with van der Waals surface area (Å²) in [6.45, 7) is 2.74. The number of carbonyl (C=O) groups excluding carboxylic acids is 3. The average Bonchev–Trinajstić information content (AvgIpc) is 2.54. The third-order valence-electron chi connectivity index (χ3n) is 3.83. The normalized spacial score (nSPS) is 16.8. The molecule has 0 spiro atoms. The third kappa shape index (κ3) is 3.35. The molecule has 2 rings (SSSR count). The molecule has 0 saturated heterocycles. The van der Waals surface area contributed by atoms with Crippen molar-refractivity contribution in [2.75, 3.05) is 13.7 Å². The van der Waals surface area contributed by atoms with Crippen molar-refractivity contribution in [3.8, 4) is 5.75 Å². The Kier molecular flexibility index (Phi) is 5.31. The van der Waals surface area contributed by atoms with E-state index in [9.17, 15) is 14.4 Å². The SMILES string of the molecule is CCCCOc1ccc2c(c1)CCC(C(=O)C(=O)OC)C2=O. The highest BCUT2D eigenvalue weighted by molar-refractivity contribution is 6.39. The van der Waals surface area contributed by atoms with Gasteiger partial charge in [-0.05, 0) is 43.0 Å². The van der Waals surface area contributed by atoms with Crippen molar-refractivity contribution in [1.82, 2.24) is 0 Å². The summed E-state index contributed by atoms with van der Waals surface area (Å²) in [5.74, 6) is -2.22. The van der Waals surface area contributed by atoms with Crippen LogP contribution in [0.25, 0.3) is 0 Å². The molecule has 0 saturated carbocycles. The van der Waals surface area contributed by atoms with Gasteiger partial charge < -0.3 is 9.47 Å². The number of carbonyl (C=O) groups is 3. The average molecular weight is 304 g/mol. The van der Waals surface area contributed by atoms with E-state index in [1.165, 1.54) is 0 Å². The highest BCUT2D eigenvalue weighted by Crippen LogP contribution is 2.29. The molecular weight excluding hydrogens is 284 g/mol. The van der Waals surface area contributed by atoms with Gasteiger partial charge in [0.05, 0.1) is 19.6 Å². The van der Waals surface area contributed by atoms with Crippen molar-refractivity contribution in [1.29, 1.82) is 0 Å². The topological polar surface area (TPSA) is 69.7 Å². The number of hydrogen-bond donors (Lipinski definition) is 0. The number of ketones is 2. The lowest BCUT2D eigenvalue weighted by Gasteiger charge is -2.22. The van der Waals surface area contributed by atoms with E-state index in [-0.39, 0.29) is 5.78 Å². The van der Waals surface area contributed by atoms with Crippen molar-refractivity contribution in [2.45, 2.75) is 32.6 Å². The zero-order valence-electron chi connectivity index (χ0n) is 12.9. The second-order valence-electron chi connectivity index (χ2n) is 5.33. The van der Waals surface area contributed by atoms with E-state index in [1.807, 2.05) is 6.07 Å². The number of aryl methyl sites for hydroxylation is 1. The van der Waals surface area contributed by atoms with Gasteiger partial charge in [0.1, 0.15) is 5.75 Å². The lowest BCUT2D eigenvalue weighted by atomic mass is 9.80. The molecule has 0 aromatic heterocycles. The maximum atomic E-state index is 12.4. The molecule has 5 nitrogen and oxygen atoms in total. The highest BCUT2D eigenvalue weighted by Gasteiger charge is 2.36. The fourth-order valence-corrected chi connectivity index (χ4v) is 2.55. The predicted octanol–water partition coefficient (Wildman–Crippen LogP) is 2.35. The molecule has 1 aromatic carbocycles. The second-order valence-corrected chi connectivity index (χ2v) is 5.33. The van der Waals surface area contributed by atoms with Crippen molar-refractivity contribution >= 4 is 17.5 Å². The van der Waals surface area contributed by atoms with Crippen LogP contribution in [-0.4, -0.2) is 31.3 Å². The number of rotatable bonds is 6. The molecule has 0 N–H and O–H groups in total. The van der Waals surface area contributed by atoms with Crippen LogP contribution < -0.4 is 4.74 Å². The summed E-state index contributed by atoms with van der Waals surface area (Å²) in [6, 6.07) is 5.26. The summed E-state index contributed by atoms with van der Waals surface area (Å²) in [6.07, 6.45) is 2.93. The zero-order chi connectivity index (χ0) is 16.1. The standard InChI is InChI=1S/C17H20O5/c1-3-4-9-22-12-6-8-13-11(10-12)5-7-14(15(13)18)16(19)17(20)21-2/h6,8,10,14H,3-5,7,9H2,1-2H3. The Morgan fingerprint density at radius 2 is 2.09 bits per heavy atom. The maximum absolute atomic E-state index is 12.4. The van der Waals surface area contributed by atoms with Gasteiger partial charge in [0, 0.05) is 5.56 Å². The maximum Gasteiger partial charge on any atom is 0.375 e. The van der Waals surface area contributed by atoms with Crippen LogP contribution >= 0.6 is 0 Å². The third-order valence-corrected chi connectivity index (χ3v) is 3.83. The molecule has 1 aromatic rings. The van der Waals surface area contributed by atoms with Gasteiger partial charge in [-0.1, -0.05) is 13.3 Å². The van der Waals surface area contributed by atoms with Crippen LogP contribution in [0.1, 0.15) is 42.1 Å². The molecule has 1 unspecified atom stereocenters. The number of fused-ring (bicyclic) bond motifs is 1. The van der Waals surface area contributed by atoms with Gasteiger partial charge >= 0.3 is 5.97 Å². The molecule has 0 radical (unpaired) electrons. The van der Waals surface area contributed by atoms with E-state index < -0.39 is 17.7 Å².